The molecule has 1 aliphatic rings. The van der Waals surface area contributed by atoms with Gasteiger partial charge >= 0.3 is 6.03 Å². The van der Waals surface area contributed by atoms with Crippen LogP contribution in [-0.2, 0) is 17.6 Å². The summed E-state index contributed by atoms with van der Waals surface area (Å²) >= 11 is 0. The Morgan fingerprint density at radius 3 is 2.82 bits per heavy atom. The number of nitrogens with one attached hydrogen (secondary N) is 1. The van der Waals surface area contributed by atoms with E-state index in [-0.39, 0.29) is 18.3 Å². The van der Waals surface area contributed by atoms with Gasteiger partial charge in [-0.05, 0) is 59.9 Å². The van der Waals surface area contributed by atoms with E-state index in [1.807, 2.05) is 18.3 Å². The molecule has 4 aromatic rings. The molecule has 0 fully saturated rings. The number of halogens is 1. The molecule has 0 bridgehead atoms. The van der Waals surface area contributed by atoms with Crippen molar-refractivity contribution in [3.05, 3.63) is 102 Å². The maximum Gasteiger partial charge on any atom is 0.342 e. The van der Waals surface area contributed by atoms with Crippen LogP contribution < -0.4 is 19.7 Å². The number of carbonyl (C=O) groups excluding carboxylic acids is 2. The van der Waals surface area contributed by atoms with Crippen LogP contribution in [0.4, 0.5) is 14.9 Å². The molecular formula is C29H28FN5O4. The predicted octanol–water partition coefficient (Wildman–Crippen LogP) is 4.00. The van der Waals surface area contributed by atoms with E-state index < -0.39 is 12.1 Å². The van der Waals surface area contributed by atoms with Crippen LogP contribution in [0.25, 0.3) is 0 Å². The van der Waals surface area contributed by atoms with Gasteiger partial charge in [0.1, 0.15) is 30.0 Å². The Hall–Kier alpha value is -4.73. The topological polar surface area (TPSA) is 98.6 Å². The molecule has 0 radical (unpaired) electrons. The molecule has 1 N–H and O–H groups in total. The number of fused-ring (bicyclic) bond motifs is 1. The molecule has 3 heterocycles. The molecule has 0 saturated carbocycles. The van der Waals surface area contributed by atoms with Crippen molar-refractivity contribution in [2.45, 2.75) is 25.3 Å². The monoisotopic (exact) mass is 529 g/mol. The van der Waals surface area contributed by atoms with Crippen LogP contribution in [0, 0.1) is 5.82 Å². The Bertz CT molecular complexity index is 1460. The maximum atomic E-state index is 13.5. The van der Waals surface area contributed by atoms with E-state index in [0.717, 1.165) is 34.2 Å². The molecule has 200 valence electrons. The largest absolute Gasteiger partial charge is 0.494 e. The normalized spacial score (nSPS) is 14.8. The lowest BCUT2D eigenvalue weighted by molar-refractivity contribution is -0.120. The van der Waals surface area contributed by atoms with Gasteiger partial charge in [0, 0.05) is 38.1 Å². The summed E-state index contributed by atoms with van der Waals surface area (Å²) in [7, 11) is 1.63. The number of aromatic nitrogens is 3. The number of ether oxygens (including phenoxy) is 2. The van der Waals surface area contributed by atoms with Crippen molar-refractivity contribution in [3.8, 4) is 11.5 Å². The molecular weight excluding hydrogens is 501 g/mol. The van der Waals surface area contributed by atoms with Gasteiger partial charge in [-0.2, -0.15) is 9.78 Å². The third-order valence-corrected chi connectivity index (χ3v) is 6.37. The molecule has 1 atom stereocenters. The summed E-state index contributed by atoms with van der Waals surface area (Å²) in [5.41, 5.74) is 3.20. The molecule has 5 rings (SSSR count). The highest BCUT2D eigenvalue weighted by Crippen LogP contribution is 2.34. The first-order valence-electron chi connectivity index (χ1n) is 12.6. The minimum atomic E-state index is -0.922. The number of amides is 2. The van der Waals surface area contributed by atoms with Crippen molar-refractivity contribution in [2.24, 2.45) is 0 Å². The molecule has 0 saturated heterocycles. The number of rotatable bonds is 8. The smallest absolute Gasteiger partial charge is 0.342 e. The van der Waals surface area contributed by atoms with Crippen LogP contribution in [0.1, 0.15) is 23.1 Å². The molecule has 0 aliphatic carbocycles. The fourth-order valence-corrected chi connectivity index (χ4v) is 4.34. The Labute approximate surface area is 225 Å². The zero-order valence-corrected chi connectivity index (χ0v) is 21.4. The van der Waals surface area contributed by atoms with E-state index in [1.54, 1.807) is 49.8 Å². The number of nitrogens with zero attached hydrogens (tertiary/aromatic N) is 4. The van der Waals surface area contributed by atoms with Crippen molar-refractivity contribution in [1.82, 2.24) is 20.1 Å². The quantitative estimate of drug-likeness (QED) is 0.347. The van der Waals surface area contributed by atoms with Crippen LogP contribution in [0.5, 0.6) is 11.5 Å². The fourth-order valence-electron chi connectivity index (χ4n) is 4.34. The predicted molar refractivity (Wildman–Crippen MR) is 143 cm³/mol. The summed E-state index contributed by atoms with van der Waals surface area (Å²) < 4.78 is 26.4. The van der Waals surface area contributed by atoms with Crippen molar-refractivity contribution in [1.29, 1.82) is 0 Å². The third-order valence-electron chi connectivity index (χ3n) is 6.37. The molecule has 1 aliphatic heterocycles. The van der Waals surface area contributed by atoms with E-state index in [0.29, 0.717) is 30.2 Å². The lowest BCUT2D eigenvalue weighted by atomic mass is 10.1. The zero-order valence-electron chi connectivity index (χ0n) is 21.4. The minimum Gasteiger partial charge on any atom is -0.494 e. The van der Waals surface area contributed by atoms with Gasteiger partial charge in [0.05, 0.1) is 18.5 Å². The lowest BCUT2D eigenvalue weighted by Crippen LogP contribution is -2.50. The van der Waals surface area contributed by atoms with E-state index >= 15 is 0 Å². The number of hydrogen-bond donors (Lipinski definition) is 1. The fraction of sp³-hybridized carbons (Fsp3) is 0.241. The zero-order chi connectivity index (χ0) is 27.2. The van der Waals surface area contributed by atoms with Gasteiger partial charge < -0.3 is 19.7 Å². The molecule has 0 unspecified atom stereocenters. The first-order chi connectivity index (χ1) is 19.0. The number of pyridine rings is 1. The van der Waals surface area contributed by atoms with Crippen molar-refractivity contribution in [2.75, 3.05) is 25.2 Å². The molecule has 2 aromatic carbocycles. The van der Waals surface area contributed by atoms with Crippen LogP contribution in [0.2, 0.25) is 0 Å². The van der Waals surface area contributed by atoms with Crippen molar-refractivity contribution >= 4 is 17.6 Å². The van der Waals surface area contributed by atoms with Crippen LogP contribution in [0.3, 0.4) is 0 Å². The Kier molecular flexibility index (Phi) is 7.81. The summed E-state index contributed by atoms with van der Waals surface area (Å²) in [6, 6.07) is 14.0. The average Bonchev–Trinajstić information content (AvgIpc) is 3.38. The molecule has 9 nitrogen and oxygen atoms in total. The summed E-state index contributed by atoms with van der Waals surface area (Å²) in [6.07, 6.45) is 8.77. The second kappa shape index (κ2) is 11.8. The Morgan fingerprint density at radius 1 is 1.13 bits per heavy atom. The molecule has 2 aromatic heterocycles. The first kappa shape index (κ1) is 25.9. The van der Waals surface area contributed by atoms with E-state index in [4.69, 9.17) is 9.47 Å². The second-order valence-electron chi connectivity index (χ2n) is 9.25. The highest BCUT2D eigenvalue weighted by atomic mass is 19.1. The number of anilines is 1. The summed E-state index contributed by atoms with van der Waals surface area (Å²) in [4.78, 5) is 31.6. The van der Waals surface area contributed by atoms with E-state index in [1.165, 1.54) is 23.2 Å². The number of likely N-dealkylation sites (N-methyl/N-ethyl adjacent to an activating group) is 1. The average molecular weight is 530 g/mol. The van der Waals surface area contributed by atoms with Gasteiger partial charge in [-0.15, -0.1) is 0 Å². The molecule has 0 spiro atoms. The summed E-state index contributed by atoms with van der Waals surface area (Å²) in [6.45, 7) is 0.473. The minimum absolute atomic E-state index is 0.0371. The number of hydrogen-bond acceptors (Lipinski definition) is 6. The molecule has 2 amide bonds. The summed E-state index contributed by atoms with van der Waals surface area (Å²) in [5.74, 6) is 0.479. The molecule has 39 heavy (non-hydrogen) atoms. The van der Waals surface area contributed by atoms with Gasteiger partial charge in [-0.3, -0.25) is 9.78 Å². The standard InChI is InChI=1S/C29H28FN5O4/c1-34-26-15-24(38-12-4-7-20-6-3-11-31-16-20)9-10-27(26)39-19-25(28(34)36)33-29(37)35-18-22(17-32-35)13-21-5-2-8-23(30)14-21/h2-3,5-6,8-11,14-18,25H,4,7,12-13,19H2,1H3,(H,33,37)/t25-/m0/s1. The highest BCUT2D eigenvalue weighted by molar-refractivity contribution is 6.00. The second-order valence-corrected chi connectivity index (χ2v) is 9.25. The van der Waals surface area contributed by atoms with Gasteiger partial charge in [0.2, 0.25) is 0 Å². The van der Waals surface area contributed by atoms with Crippen LogP contribution in [0.15, 0.2) is 79.4 Å². The molecule has 10 heteroatoms. The number of carbonyl (C=O) groups is 2. The summed E-state index contributed by atoms with van der Waals surface area (Å²) in [5, 5.41) is 6.80. The van der Waals surface area contributed by atoms with E-state index in [2.05, 4.69) is 15.4 Å². The lowest BCUT2D eigenvalue weighted by Gasteiger charge is -2.20. The number of benzene rings is 2. The Morgan fingerprint density at radius 2 is 2.00 bits per heavy atom. The first-order valence-corrected chi connectivity index (χ1v) is 12.6. The van der Waals surface area contributed by atoms with Crippen molar-refractivity contribution in [3.63, 3.8) is 0 Å². The van der Waals surface area contributed by atoms with Crippen molar-refractivity contribution < 1.29 is 23.5 Å². The third kappa shape index (κ3) is 6.40. The van der Waals surface area contributed by atoms with E-state index in [9.17, 15) is 14.0 Å². The highest BCUT2D eigenvalue weighted by Gasteiger charge is 2.31. The Balaban J connectivity index is 1.18. The van der Waals surface area contributed by atoms with Gasteiger partial charge in [-0.1, -0.05) is 18.2 Å². The number of aryl methyl sites for hydroxylation is 1. The van der Waals surface area contributed by atoms with Crippen LogP contribution >= 0.6 is 0 Å². The SMILES string of the molecule is CN1C(=O)[C@@H](NC(=O)n2cc(Cc3cccc(F)c3)cn2)COc2ccc(OCCCc3cccnc3)cc21. The van der Waals surface area contributed by atoms with Gasteiger partial charge in [-0.25, -0.2) is 9.18 Å². The van der Waals surface area contributed by atoms with Gasteiger partial charge in [0.15, 0.2) is 0 Å². The van der Waals surface area contributed by atoms with Gasteiger partial charge in [0.25, 0.3) is 5.91 Å². The van der Waals surface area contributed by atoms with Crippen LogP contribution in [-0.4, -0.2) is 53.0 Å². The maximum absolute atomic E-state index is 13.5.